The van der Waals surface area contributed by atoms with E-state index in [1.165, 1.54) is 12.1 Å². The van der Waals surface area contributed by atoms with Gasteiger partial charge in [0, 0.05) is 13.7 Å². The molecule has 0 amide bonds. The molecule has 0 saturated carbocycles. The molecule has 0 saturated heterocycles. The number of rotatable bonds is 10. The lowest BCUT2D eigenvalue weighted by Crippen LogP contribution is -2.34. The van der Waals surface area contributed by atoms with Gasteiger partial charge in [-0.25, -0.2) is 13.1 Å². The molecule has 1 unspecified atom stereocenters. The van der Waals surface area contributed by atoms with Crippen molar-refractivity contribution in [1.82, 2.24) is 9.62 Å². The first-order chi connectivity index (χ1) is 11.9. The van der Waals surface area contributed by atoms with Crippen LogP contribution in [0.5, 0.6) is 5.75 Å². The molecule has 1 aromatic heterocycles. The summed E-state index contributed by atoms with van der Waals surface area (Å²) in [7, 11) is 1.71. The first-order valence-corrected chi connectivity index (χ1v) is 9.33. The molecule has 8 heteroatoms. The van der Waals surface area contributed by atoms with Crippen LogP contribution in [0.2, 0.25) is 0 Å². The fraction of sp³-hybridized carbons (Fsp3) is 0.412. The molecular formula is C17H24N2O5S. The highest BCUT2D eigenvalue weighted by molar-refractivity contribution is 7.89. The van der Waals surface area contributed by atoms with Gasteiger partial charge in [0.2, 0.25) is 10.0 Å². The van der Waals surface area contributed by atoms with E-state index in [0.717, 1.165) is 0 Å². The van der Waals surface area contributed by atoms with Gasteiger partial charge in [0.1, 0.15) is 18.1 Å². The van der Waals surface area contributed by atoms with E-state index in [2.05, 4.69) is 4.72 Å². The molecule has 2 rings (SSSR count). The third-order valence-electron chi connectivity index (χ3n) is 3.65. The maximum absolute atomic E-state index is 12.5. The molecule has 1 aromatic carbocycles. The maximum atomic E-state index is 12.5. The number of methoxy groups -OCH3 is 1. The van der Waals surface area contributed by atoms with Crippen LogP contribution in [0.1, 0.15) is 11.8 Å². The summed E-state index contributed by atoms with van der Waals surface area (Å²) in [5.41, 5.74) is 0. The summed E-state index contributed by atoms with van der Waals surface area (Å²) in [5, 5.41) is 0. The molecule has 1 N–H and O–H groups in total. The number of sulfonamides is 1. The van der Waals surface area contributed by atoms with E-state index in [0.29, 0.717) is 24.7 Å². The zero-order valence-corrected chi connectivity index (χ0v) is 15.5. The van der Waals surface area contributed by atoms with E-state index in [9.17, 15) is 8.42 Å². The zero-order valence-electron chi connectivity index (χ0n) is 14.6. The molecule has 138 valence electrons. The van der Waals surface area contributed by atoms with Gasteiger partial charge in [-0.2, -0.15) is 0 Å². The van der Waals surface area contributed by atoms with Gasteiger partial charge < -0.3 is 13.9 Å². The minimum absolute atomic E-state index is 0.184. The smallest absolute Gasteiger partial charge is 0.240 e. The monoisotopic (exact) mass is 368 g/mol. The fourth-order valence-corrected chi connectivity index (χ4v) is 3.29. The van der Waals surface area contributed by atoms with E-state index in [-0.39, 0.29) is 17.5 Å². The number of hydrogen-bond donors (Lipinski definition) is 1. The van der Waals surface area contributed by atoms with Crippen molar-refractivity contribution in [2.75, 3.05) is 41.0 Å². The van der Waals surface area contributed by atoms with Crippen LogP contribution in [0.25, 0.3) is 0 Å². The molecule has 0 radical (unpaired) electrons. The van der Waals surface area contributed by atoms with Crippen molar-refractivity contribution in [3.8, 4) is 5.75 Å². The summed E-state index contributed by atoms with van der Waals surface area (Å²) in [6.45, 7) is 1.09. The van der Waals surface area contributed by atoms with Gasteiger partial charge in [-0.05, 0) is 50.5 Å². The van der Waals surface area contributed by atoms with Gasteiger partial charge in [-0.15, -0.1) is 0 Å². The number of likely N-dealkylation sites (N-methyl/N-ethyl adjacent to an activating group) is 1. The van der Waals surface area contributed by atoms with Crippen molar-refractivity contribution in [2.45, 2.75) is 10.9 Å². The number of nitrogens with one attached hydrogen (secondary N) is 1. The standard InChI is InChI=1S/C17H24N2O5S/c1-19(2)16(17-5-4-10-24-17)13-18-25(20,21)15-8-6-14(7-9-15)23-12-11-22-3/h4-10,16,18H,11-13H2,1-3H3. The molecule has 1 heterocycles. The van der Waals surface area contributed by atoms with Crippen molar-refractivity contribution in [3.63, 3.8) is 0 Å². The summed E-state index contributed by atoms with van der Waals surface area (Å²) >= 11 is 0. The van der Waals surface area contributed by atoms with Crippen molar-refractivity contribution in [1.29, 1.82) is 0 Å². The topological polar surface area (TPSA) is 81.0 Å². The molecule has 0 aliphatic heterocycles. The van der Waals surface area contributed by atoms with Gasteiger partial charge >= 0.3 is 0 Å². The van der Waals surface area contributed by atoms with Crippen molar-refractivity contribution >= 4 is 10.0 Å². The van der Waals surface area contributed by atoms with Crippen LogP contribution in [0.4, 0.5) is 0 Å². The number of furan rings is 1. The van der Waals surface area contributed by atoms with Crippen molar-refractivity contribution in [3.05, 3.63) is 48.4 Å². The van der Waals surface area contributed by atoms with Gasteiger partial charge in [-0.1, -0.05) is 0 Å². The molecular weight excluding hydrogens is 344 g/mol. The molecule has 25 heavy (non-hydrogen) atoms. The van der Waals surface area contributed by atoms with Crippen LogP contribution < -0.4 is 9.46 Å². The first kappa shape index (κ1) is 19.5. The van der Waals surface area contributed by atoms with E-state index >= 15 is 0 Å². The highest BCUT2D eigenvalue weighted by Crippen LogP contribution is 2.20. The Morgan fingerprint density at radius 2 is 1.88 bits per heavy atom. The summed E-state index contributed by atoms with van der Waals surface area (Å²) in [6, 6.07) is 9.69. The normalized spacial score (nSPS) is 13.1. The zero-order chi connectivity index (χ0) is 18.3. The van der Waals surface area contributed by atoms with E-state index in [1.54, 1.807) is 31.6 Å². The van der Waals surface area contributed by atoms with Crippen LogP contribution in [0.15, 0.2) is 52.0 Å². The number of hydrogen-bond acceptors (Lipinski definition) is 6. The van der Waals surface area contributed by atoms with Gasteiger partial charge in [0.05, 0.1) is 23.8 Å². The molecule has 0 fully saturated rings. The summed E-state index contributed by atoms with van der Waals surface area (Å²) in [4.78, 5) is 2.08. The maximum Gasteiger partial charge on any atom is 0.240 e. The molecule has 0 aliphatic carbocycles. The van der Waals surface area contributed by atoms with Crippen LogP contribution in [0, 0.1) is 0 Å². The fourth-order valence-electron chi connectivity index (χ4n) is 2.25. The Bertz CT molecular complexity index is 727. The minimum Gasteiger partial charge on any atom is -0.491 e. The van der Waals surface area contributed by atoms with Crippen molar-refractivity contribution in [2.24, 2.45) is 0 Å². The second-order valence-corrected chi connectivity index (χ2v) is 7.43. The SMILES string of the molecule is COCCOc1ccc(S(=O)(=O)NCC(c2ccco2)N(C)C)cc1. The number of nitrogens with zero attached hydrogens (tertiary/aromatic N) is 1. The Balaban J connectivity index is 2.00. The molecule has 0 spiro atoms. The van der Waals surface area contributed by atoms with Crippen LogP contribution >= 0.6 is 0 Å². The second kappa shape index (κ2) is 9.00. The van der Waals surface area contributed by atoms with E-state index in [1.807, 2.05) is 25.1 Å². The quantitative estimate of drug-likeness (QED) is 0.645. The predicted molar refractivity (Wildman–Crippen MR) is 94.1 cm³/mol. The highest BCUT2D eigenvalue weighted by atomic mass is 32.2. The van der Waals surface area contributed by atoms with Crippen LogP contribution in [-0.4, -0.2) is 54.3 Å². The van der Waals surface area contributed by atoms with E-state index < -0.39 is 10.0 Å². The molecule has 0 bridgehead atoms. The minimum atomic E-state index is -3.62. The predicted octanol–water partition coefficient (Wildman–Crippen LogP) is 1.89. The lowest BCUT2D eigenvalue weighted by atomic mass is 10.2. The molecule has 0 aliphatic rings. The third-order valence-corrected chi connectivity index (χ3v) is 5.09. The molecule has 7 nitrogen and oxygen atoms in total. The Kier molecular flexibility index (Phi) is 7.01. The lowest BCUT2D eigenvalue weighted by Gasteiger charge is -2.22. The Hall–Kier alpha value is -1.87. The number of ether oxygens (including phenoxy) is 2. The first-order valence-electron chi connectivity index (χ1n) is 7.85. The van der Waals surface area contributed by atoms with Gasteiger partial charge in [0.15, 0.2) is 0 Å². The van der Waals surface area contributed by atoms with E-state index in [4.69, 9.17) is 13.9 Å². The van der Waals surface area contributed by atoms with Gasteiger partial charge in [0.25, 0.3) is 0 Å². The Labute approximate surface area is 148 Å². The highest BCUT2D eigenvalue weighted by Gasteiger charge is 2.21. The summed E-state index contributed by atoms with van der Waals surface area (Å²) < 4.78 is 43.3. The third kappa shape index (κ3) is 5.57. The van der Waals surface area contributed by atoms with Crippen molar-refractivity contribution < 1.29 is 22.3 Å². The van der Waals surface area contributed by atoms with Gasteiger partial charge in [-0.3, -0.25) is 4.90 Å². The largest absolute Gasteiger partial charge is 0.491 e. The second-order valence-electron chi connectivity index (χ2n) is 5.66. The molecule has 2 aromatic rings. The average Bonchev–Trinajstić information content (AvgIpc) is 3.09. The average molecular weight is 368 g/mol. The Morgan fingerprint density at radius 3 is 2.44 bits per heavy atom. The van der Waals surface area contributed by atoms with Crippen LogP contribution in [-0.2, 0) is 14.8 Å². The lowest BCUT2D eigenvalue weighted by molar-refractivity contribution is 0.146. The Morgan fingerprint density at radius 1 is 1.16 bits per heavy atom. The summed E-state index contributed by atoms with van der Waals surface area (Å²) in [6.07, 6.45) is 1.57. The summed E-state index contributed by atoms with van der Waals surface area (Å²) in [5.74, 6) is 1.30. The number of benzene rings is 1. The van der Waals surface area contributed by atoms with Crippen LogP contribution in [0.3, 0.4) is 0 Å². The molecule has 1 atom stereocenters.